The van der Waals surface area contributed by atoms with Crippen molar-refractivity contribution >= 4 is 87.9 Å². The van der Waals surface area contributed by atoms with Crippen molar-refractivity contribution in [2.45, 2.75) is 38.6 Å². The lowest BCUT2D eigenvalue weighted by Crippen LogP contribution is -2.46. The van der Waals surface area contributed by atoms with Gasteiger partial charge in [0.25, 0.3) is 22.6 Å². The lowest BCUT2D eigenvalue weighted by Gasteiger charge is -2.36. The number of nitrogen functional groups attached to an aromatic ring is 2. The molecule has 0 radical (unpaired) electrons. The summed E-state index contributed by atoms with van der Waals surface area (Å²) in [7, 11) is 1.54. The number of anilines is 3. The number of aliphatic hydroxyl groups excluding tert-OH is 1. The van der Waals surface area contributed by atoms with Crippen molar-refractivity contribution in [3.8, 4) is 0 Å². The molecule has 5 heterocycles. The van der Waals surface area contributed by atoms with Crippen molar-refractivity contribution in [3.63, 3.8) is 0 Å². The Morgan fingerprint density at radius 2 is 1.03 bits per heavy atom. The number of halogens is 15. The SMILES string of the molecule is CNC(=O)c1ccc(N2CCN(Cc3ccc4nc(C(F)(F)F)c(=O)[nH]c4c3F)CC2)c(C)n1.Nc1ccc(Br)c(F)c1N.O=c1[nH]c2c(F)c(Br)ccc2nc1C(F)(F)F.O=c1[nH]c2c(F)c(CO)ccc2nc1C(F)(F)F. The fourth-order valence-corrected chi connectivity index (χ4v) is 8.03. The van der Waals surface area contributed by atoms with Gasteiger partial charge in [-0.3, -0.25) is 24.1 Å². The molecule has 420 valence electrons. The van der Waals surface area contributed by atoms with Gasteiger partial charge in [-0.1, -0.05) is 12.1 Å². The van der Waals surface area contributed by atoms with Crippen molar-refractivity contribution < 1.29 is 67.0 Å². The Morgan fingerprint density at radius 1 is 0.608 bits per heavy atom. The van der Waals surface area contributed by atoms with Crippen LogP contribution < -0.4 is 38.4 Å². The number of nitrogens with zero attached hydrogens (tertiary/aromatic N) is 6. The standard InChI is InChI=1S/C22H22F4N6O2.C10H6F4N2O2.C9H3BrF4N2O.C6H6BrFN2/c1-12-16(6-5-15(28-12)20(33)27-2)32-9-7-31(8-10-32)11-13-3-4-14-18(17(13)23)30-21(34)19(29-14)22(24,25)26;11-6-4(3-17)1-2-5-7(6)16-9(18)8(15-5)10(12,13)14;10-3-1-2-4-6(5(3)11)16-8(17)7(15-4)9(12,13)14;7-3-1-2-4(9)6(10)5(3)8/h3-6H,7-11H2,1-2H3,(H,27,33)(H,30,34);1-2,17H,3H2,(H,16,18);1-2H,(H,16,17);1-2H,9-10H2. The number of alkyl halides is 9. The molecule has 9 rings (SSSR count). The lowest BCUT2D eigenvalue weighted by molar-refractivity contribution is -0.142. The minimum Gasteiger partial charge on any atom is -0.397 e. The minimum atomic E-state index is -4.92. The van der Waals surface area contributed by atoms with Crippen molar-refractivity contribution in [1.82, 2.24) is 45.1 Å². The number of nitrogens with one attached hydrogen (secondary N) is 4. The highest BCUT2D eigenvalue weighted by molar-refractivity contribution is 9.10. The van der Waals surface area contributed by atoms with E-state index in [0.29, 0.717) is 36.3 Å². The Kier molecular flexibility index (Phi) is 18.5. The topological polar surface area (TPSA) is 258 Å². The number of benzene rings is 4. The number of aliphatic hydroxyl groups is 1. The van der Waals surface area contributed by atoms with Crippen LogP contribution in [0.25, 0.3) is 33.1 Å². The first-order valence-electron chi connectivity index (χ1n) is 22.1. The number of H-pyrrole nitrogens is 3. The Labute approximate surface area is 450 Å². The average Bonchev–Trinajstić information content (AvgIpc) is 3.52. The highest BCUT2D eigenvalue weighted by Gasteiger charge is 2.38. The van der Waals surface area contributed by atoms with Crippen LogP contribution in [0.15, 0.2) is 84.0 Å². The molecule has 0 unspecified atom stereocenters. The summed E-state index contributed by atoms with van der Waals surface area (Å²) >= 11 is 5.82. The van der Waals surface area contributed by atoms with Crippen molar-refractivity contribution in [2.75, 3.05) is 49.6 Å². The summed E-state index contributed by atoms with van der Waals surface area (Å²) in [5.74, 6) is -3.40. The second kappa shape index (κ2) is 24.1. The largest absolute Gasteiger partial charge is 0.438 e. The molecule has 9 N–H and O–H groups in total. The molecule has 0 aliphatic carbocycles. The molecule has 0 saturated carbocycles. The molecule has 1 aliphatic rings. The first kappa shape index (κ1) is 60.5. The fourth-order valence-electron chi connectivity index (χ4n) is 7.36. The molecule has 32 heteroatoms. The number of nitrogens with two attached hydrogens (primary N) is 2. The highest BCUT2D eigenvalue weighted by atomic mass is 79.9. The molecule has 0 spiro atoms. The smallest absolute Gasteiger partial charge is 0.397 e. The molecule has 0 atom stereocenters. The van der Waals surface area contributed by atoms with Crippen LogP contribution in [0.5, 0.6) is 0 Å². The van der Waals surface area contributed by atoms with E-state index < -0.39 is 87.7 Å². The van der Waals surface area contributed by atoms with Crippen LogP contribution in [0.3, 0.4) is 0 Å². The number of hydrogen-bond donors (Lipinski definition) is 7. The van der Waals surface area contributed by atoms with Crippen LogP contribution in [0.2, 0.25) is 0 Å². The molecule has 4 aromatic carbocycles. The van der Waals surface area contributed by atoms with Gasteiger partial charge < -0.3 is 41.7 Å². The van der Waals surface area contributed by atoms with Crippen molar-refractivity contribution in [2.24, 2.45) is 0 Å². The second-order valence-electron chi connectivity index (χ2n) is 16.5. The van der Waals surface area contributed by atoms with Gasteiger partial charge in [0, 0.05) is 50.9 Å². The Hall–Kier alpha value is -7.71. The van der Waals surface area contributed by atoms with Crippen LogP contribution in [0.4, 0.5) is 74.1 Å². The zero-order valence-electron chi connectivity index (χ0n) is 40.1. The van der Waals surface area contributed by atoms with Crippen LogP contribution >= 0.6 is 31.9 Å². The number of aromatic amines is 3. The molecule has 4 aromatic heterocycles. The first-order chi connectivity index (χ1) is 36.8. The average molecular weight is 1260 g/mol. The van der Waals surface area contributed by atoms with Crippen LogP contribution in [0.1, 0.15) is 44.4 Å². The van der Waals surface area contributed by atoms with Crippen LogP contribution in [-0.2, 0) is 31.7 Å². The summed E-state index contributed by atoms with van der Waals surface area (Å²) in [4.78, 5) is 69.4. The fraction of sp³-hybridized carbons (Fsp3) is 0.234. The summed E-state index contributed by atoms with van der Waals surface area (Å²) in [6.07, 6.45) is -14.7. The zero-order valence-corrected chi connectivity index (χ0v) is 43.3. The maximum absolute atomic E-state index is 15.0. The molecule has 1 amide bonds. The number of carbonyl (C=O) groups excluding carboxylic acids is 1. The number of hydrogen-bond acceptors (Lipinski definition) is 13. The Morgan fingerprint density at radius 3 is 1.46 bits per heavy atom. The third-order valence-corrected chi connectivity index (χ3v) is 12.5. The van der Waals surface area contributed by atoms with E-state index in [4.69, 9.17) is 16.6 Å². The maximum Gasteiger partial charge on any atom is 0.438 e. The quantitative estimate of drug-likeness (QED) is 0.0630. The molecule has 79 heavy (non-hydrogen) atoms. The molecule has 1 aliphatic heterocycles. The van der Waals surface area contributed by atoms with E-state index in [9.17, 15) is 76.3 Å². The normalized spacial score (nSPS) is 13.1. The molecule has 0 bridgehead atoms. The van der Waals surface area contributed by atoms with Gasteiger partial charge in [-0.25, -0.2) is 37.5 Å². The van der Waals surface area contributed by atoms with Gasteiger partial charge in [0.2, 0.25) is 17.1 Å². The number of aromatic nitrogens is 7. The van der Waals surface area contributed by atoms with E-state index in [0.717, 1.165) is 23.5 Å². The third-order valence-electron chi connectivity index (χ3n) is 11.3. The summed E-state index contributed by atoms with van der Waals surface area (Å²) < 4.78 is 168. The van der Waals surface area contributed by atoms with Gasteiger partial charge in [-0.2, -0.15) is 39.5 Å². The molecular weight excluding hydrogens is 1220 g/mol. The van der Waals surface area contributed by atoms with Gasteiger partial charge in [-0.15, -0.1) is 0 Å². The Balaban J connectivity index is 0.000000188. The number of piperazine rings is 1. The molecule has 1 saturated heterocycles. The van der Waals surface area contributed by atoms with Crippen LogP contribution in [-0.4, -0.2) is 84.0 Å². The summed E-state index contributed by atoms with van der Waals surface area (Å²) in [6.45, 7) is 3.93. The van der Waals surface area contributed by atoms with E-state index in [-0.39, 0.29) is 67.0 Å². The predicted molar refractivity (Wildman–Crippen MR) is 268 cm³/mol. The number of aryl methyl sites for hydroxylation is 1. The molecule has 17 nitrogen and oxygen atoms in total. The van der Waals surface area contributed by atoms with E-state index >= 15 is 0 Å². The van der Waals surface area contributed by atoms with Gasteiger partial charge in [0.1, 0.15) is 22.2 Å². The van der Waals surface area contributed by atoms with Gasteiger partial charge in [0.05, 0.1) is 54.9 Å². The maximum atomic E-state index is 15.0. The zero-order chi connectivity index (χ0) is 58.6. The van der Waals surface area contributed by atoms with Crippen LogP contribution in [0, 0.1) is 30.2 Å². The number of amides is 1. The highest BCUT2D eigenvalue weighted by Crippen LogP contribution is 2.31. The van der Waals surface area contributed by atoms with E-state index in [1.165, 1.54) is 30.3 Å². The van der Waals surface area contributed by atoms with E-state index in [2.05, 4.69) is 62.0 Å². The second-order valence-corrected chi connectivity index (χ2v) is 18.2. The number of rotatable bonds is 5. The first-order valence-corrected chi connectivity index (χ1v) is 23.7. The van der Waals surface area contributed by atoms with E-state index in [1.807, 2.05) is 27.9 Å². The lowest BCUT2D eigenvalue weighted by atomic mass is 10.1. The van der Waals surface area contributed by atoms with Crippen molar-refractivity contribution in [3.05, 3.63) is 164 Å². The predicted octanol–water partition coefficient (Wildman–Crippen LogP) is 8.64. The molecule has 1 fully saturated rings. The van der Waals surface area contributed by atoms with Gasteiger partial charge in [0.15, 0.2) is 23.3 Å². The Bertz CT molecular complexity index is 3770. The van der Waals surface area contributed by atoms with Gasteiger partial charge in [-0.05, 0) is 87.3 Å². The molecule has 8 aromatic rings. The summed E-state index contributed by atoms with van der Waals surface area (Å²) in [6, 6.07) is 13.8. The third kappa shape index (κ3) is 14.0. The minimum absolute atomic E-state index is 0.00521. The van der Waals surface area contributed by atoms with E-state index in [1.54, 1.807) is 24.2 Å². The number of carbonyl (C=O) groups is 1. The number of fused-ring (bicyclic) bond motifs is 3. The van der Waals surface area contributed by atoms with Crippen molar-refractivity contribution in [1.29, 1.82) is 0 Å². The monoisotopic (exact) mass is 1250 g/mol. The van der Waals surface area contributed by atoms with Gasteiger partial charge >= 0.3 is 18.5 Å². The summed E-state index contributed by atoms with van der Waals surface area (Å²) in [5.41, 5.74) is 1.58. The number of pyridine rings is 1. The summed E-state index contributed by atoms with van der Waals surface area (Å²) in [5, 5.41) is 11.3. The molecular formula is C47H37Br2F13N12O5.